The highest BCUT2D eigenvalue weighted by molar-refractivity contribution is 7.90. The Balaban J connectivity index is 2.58. The minimum atomic E-state index is -3.19. The van der Waals surface area contributed by atoms with Crippen LogP contribution in [-0.4, -0.2) is 46.5 Å². The summed E-state index contributed by atoms with van der Waals surface area (Å²) < 4.78 is 24.0. The fraction of sp³-hybridized carbons (Fsp3) is 0.364. The van der Waals surface area contributed by atoms with Crippen LogP contribution in [0.3, 0.4) is 0 Å². The predicted octanol–water partition coefficient (Wildman–Crippen LogP) is 0.735. The Kier molecular flexibility index (Phi) is 3.27. The summed E-state index contributed by atoms with van der Waals surface area (Å²) in [6, 6.07) is 4.17. The molecule has 7 nitrogen and oxygen atoms in total. The Morgan fingerprint density at radius 2 is 2.16 bits per heavy atom. The van der Waals surface area contributed by atoms with E-state index < -0.39 is 21.8 Å². The van der Waals surface area contributed by atoms with Crippen LogP contribution in [0.4, 0.5) is 0 Å². The molecule has 0 aliphatic carbocycles. The molecule has 2 rings (SSSR count). The molecule has 19 heavy (non-hydrogen) atoms. The maximum atomic E-state index is 11.3. The smallest absolute Gasteiger partial charge is 0.337 e. The molecule has 1 aromatic heterocycles. The molecule has 0 aliphatic rings. The lowest BCUT2D eigenvalue weighted by molar-refractivity contribution is 0.0698. The van der Waals surface area contributed by atoms with Crippen molar-refractivity contribution in [2.75, 3.05) is 12.0 Å². The first-order chi connectivity index (χ1) is 8.79. The lowest BCUT2D eigenvalue weighted by Crippen LogP contribution is -2.18. The van der Waals surface area contributed by atoms with Crippen LogP contribution in [0.2, 0.25) is 0 Å². The van der Waals surface area contributed by atoms with E-state index in [-0.39, 0.29) is 11.3 Å². The average molecular weight is 283 g/mol. The Hall–Kier alpha value is -1.96. The first kappa shape index (κ1) is 13.5. The zero-order valence-electron chi connectivity index (χ0n) is 10.4. The second kappa shape index (κ2) is 4.61. The highest BCUT2D eigenvalue weighted by Crippen LogP contribution is 2.20. The molecule has 8 heteroatoms. The quantitative estimate of drug-likeness (QED) is 0.887. The third kappa shape index (κ3) is 2.73. The Morgan fingerprint density at radius 3 is 2.74 bits per heavy atom. The van der Waals surface area contributed by atoms with Crippen LogP contribution in [0.15, 0.2) is 18.2 Å². The number of rotatable bonds is 4. The van der Waals surface area contributed by atoms with Crippen LogP contribution in [0.5, 0.6) is 0 Å². The third-order valence-corrected chi connectivity index (χ3v) is 3.77. The number of carboxylic acid groups (broad SMARTS) is 1. The van der Waals surface area contributed by atoms with Crippen LogP contribution in [0, 0.1) is 0 Å². The summed E-state index contributed by atoms with van der Waals surface area (Å²) in [4.78, 5) is 11.2. The molecule has 0 radical (unpaired) electrons. The summed E-state index contributed by atoms with van der Waals surface area (Å²) in [6.45, 7) is 1.66. The first-order valence-electron chi connectivity index (χ1n) is 5.54. The molecule has 0 spiro atoms. The van der Waals surface area contributed by atoms with E-state index in [9.17, 15) is 13.2 Å². The standard InChI is InChI=1S/C11H13N3O4S/c1-7(6-19(2,17)18)14-10-8(11(15)16)4-3-5-9(10)12-13-14/h3-5,7H,6H2,1-2H3,(H,15,16). The summed E-state index contributed by atoms with van der Waals surface area (Å²) in [5.74, 6) is -1.22. The van der Waals surface area contributed by atoms with Crippen LogP contribution in [-0.2, 0) is 9.84 Å². The number of hydrogen-bond donors (Lipinski definition) is 1. The SMILES string of the molecule is CC(CS(C)(=O)=O)n1nnc2cccc(C(=O)O)c21. The Labute approximate surface area is 109 Å². The van der Waals surface area contributed by atoms with Gasteiger partial charge in [0.05, 0.1) is 17.4 Å². The monoisotopic (exact) mass is 283 g/mol. The molecule has 1 atom stereocenters. The van der Waals surface area contributed by atoms with Crippen molar-refractivity contribution >= 4 is 26.8 Å². The van der Waals surface area contributed by atoms with Crippen LogP contribution < -0.4 is 0 Å². The molecule has 0 bridgehead atoms. The molecular formula is C11H13N3O4S. The number of para-hydroxylation sites is 1. The molecule has 0 fully saturated rings. The van der Waals surface area contributed by atoms with Gasteiger partial charge in [-0.2, -0.15) is 0 Å². The highest BCUT2D eigenvalue weighted by Gasteiger charge is 2.20. The zero-order chi connectivity index (χ0) is 14.2. The van der Waals surface area contributed by atoms with Gasteiger partial charge < -0.3 is 5.11 Å². The van der Waals surface area contributed by atoms with Gasteiger partial charge in [0, 0.05) is 6.26 Å². The van der Waals surface area contributed by atoms with Gasteiger partial charge in [-0.25, -0.2) is 17.9 Å². The lowest BCUT2D eigenvalue weighted by atomic mass is 10.2. The van der Waals surface area contributed by atoms with Gasteiger partial charge in [0.15, 0.2) is 0 Å². The summed E-state index contributed by atoms with van der Waals surface area (Å²) >= 11 is 0. The molecule has 1 unspecified atom stereocenters. The van der Waals surface area contributed by atoms with Crippen molar-refractivity contribution < 1.29 is 18.3 Å². The van der Waals surface area contributed by atoms with Gasteiger partial charge in [0.2, 0.25) is 0 Å². The molecule has 0 amide bonds. The maximum absolute atomic E-state index is 11.3. The molecule has 2 aromatic rings. The molecular weight excluding hydrogens is 270 g/mol. The topological polar surface area (TPSA) is 102 Å². The van der Waals surface area contributed by atoms with Crippen LogP contribution >= 0.6 is 0 Å². The Morgan fingerprint density at radius 1 is 1.47 bits per heavy atom. The zero-order valence-corrected chi connectivity index (χ0v) is 11.3. The molecule has 0 saturated heterocycles. The van der Waals surface area contributed by atoms with E-state index in [2.05, 4.69) is 10.3 Å². The minimum absolute atomic E-state index is 0.0582. The number of sulfone groups is 1. The van der Waals surface area contributed by atoms with Crippen molar-refractivity contribution in [3.8, 4) is 0 Å². The van der Waals surface area contributed by atoms with Crippen molar-refractivity contribution in [2.24, 2.45) is 0 Å². The number of aromatic carboxylic acids is 1. The van der Waals surface area contributed by atoms with E-state index in [4.69, 9.17) is 5.11 Å². The summed E-state index contributed by atoms with van der Waals surface area (Å²) in [5.41, 5.74) is 0.828. The van der Waals surface area contributed by atoms with E-state index >= 15 is 0 Å². The van der Waals surface area contributed by atoms with E-state index in [1.54, 1.807) is 19.1 Å². The maximum Gasteiger partial charge on any atom is 0.337 e. The molecule has 1 heterocycles. The van der Waals surface area contributed by atoms with E-state index in [1.165, 1.54) is 10.7 Å². The van der Waals surface area contributed by atoms with Gasteiger partial charge in [0.25, 0.3) is 0 Å². The number of carboxylic acids is 1. The number of carbonyl (C=O) groups is 1. The van der Waals surface area contributed by atoms with Gasteiger partial charge in [-0.05, 0) is 19.1 Å². The predicted molar refractivity (Wildman–Crippen MR) is 68.9 cm³/mol. The summed E-state index contributed by atoms with van der Waals surface area (Å²) in [7, 11) is -3.19. The van der Waals surface area contributed by atoms with Crippen molar-refractivity contribution in [2.45, 2.75) is 13.0 Å². The van der Waals surface area contributed by atoms with Crippen molar-refractivity contribution in [3.63, 3.8) is 0 Å². The summed E-state index contributed by atoms with van der Waals surface area (Å²) in [6.07, 6.45) is 1.13. The number of hydrogen-bond acceptors (Lipinski definition) is 5. The molecule has 0 saturated carbocycles. The fourth-order valence-corrected chi connectivity index (χ4v) is 3.00. The number of fused-ring (bicyclic) bond motifs is 1. The van der Waals surface area contributed by atoms with Gasteiger partial charge >= 0.3 is 5.97 Å². The van der Waals surface area contributed by atoms with Crippen LogP contribution in [0.1, 0.15) is 23.3 Å². The lowest BCUT2D eigenvalue weighted by Gasteiger charge is -2.12. The molecule has 1 N–H and O–H groups in total. The van der Waals surface area contributed by atoms with Gasteiger partial charge in [-0.3, -0.25) is 0 Å². The van der Waals surface area contributed by atoms with Crippen molar-refractivity contribution in [3.05, 3.63) is 23.8 Å². The highest BCUT2D eigenvalue weighted by atomic mass is 32.2. The first-order valence-corrected chi connectivity index (χ1v) is 7.60. The van der Waals surface area contributed by atoms with Crippen molar-refractivity contribution in [1.29, 1.82) is 0 Å². The third-order valence-electron chi connectivity index (χ3n) is 2.68. The number of aromatic nitrogens is 3. The second-order valence-electron chi connectivity index (χ2n) is 4.45. The largest absolute Gasteiger partial charge is 0.478 e. The number of benzene rings is 1. The van der Waals surface area contributed by atoms with E-state index in [0.29, 0.717) is 11.0 Å². The summed E-state index contributed by atoms with van der Waals surface area (Å²) in [5, 5.41) is 16.9. The molecule has 1 aromatic carbocycles. The van der Waals surface area contributed by atoms with Crippen LogP contribution in [0.25, 0.3) is 11.0 Å². The minimum Gasteiger partial charge on any atom is -0.478 e. The normalized spacial score (nSPS) is 13.6. The second-order valence-corrected chi connectivity index (χ2v) is 6.64. The average Bonchev–Trinajstić information content (AvgIpc) is 2.69. The number of nitrogens with zero attached hydrogens (tertiary/aromatic N) is 3. The van der Waals surface area contributed by atoms with Gasteiger partial charge in [0.1, 0.15) is 20.9 Å². The van der Waals surface area contributed by atoms with E-state index in [0.717, 1.165) is 6.26 Å². The Bertz CT molecular complexity index is 735. The van der Waals surface area contributed by atoms with E-state index in [1.807, 2.05) is 0 Å². The molecule has 102 valence electrons. The van der Waals surface area contributed by atoms with Crippen molar-refractivity contribution in [1.82, 2.24) is 15.0 Å². The van der Waals surface area contributed by atoms with Gasteiger partial charge in [-0.15, -0.1) is 5.10 Å². The molecule has 0 aliphatic heterocycles. The fourth-order valence-electron chi connectivity index (χ4n) is 1.98. The van der Waals surface area contributed by atoms with Gasteiger partial charge in [-0.1, -0.05) is 11.3 Å².